The zero-order valence-electron chi connectivity index (χ0n) is 10.1. The number of ether oxygens (including phenoxy) is 1. The second kappa shape index (κ2) is 7.75. The SMILES string of the molecule is O=C(O)COCCNC(=O)Nc1cc(Br)c(F)cc1F. The highest BCUT2D eigenvalue weighted by molar-refractivity contribution is 9.10. The number of halogens is 3. The van der Waals surface area contributed by atoms with E-state index in [2.05, 4.69) is 31.3 Å². The number of carbonyl (C=O) groups is 2. The van der Waals surface area contributed by atoms with Gasteiger partial charge in [-0.2, -0.15) is 0 Å². The summed E-state index contributed by atoms with van der Waals surface area (Å²) < 4.78 is 31.0. The van der Waals surface area contributed by atoms with Crippen LogP contribution in [-0.4, -0.2) is 36.9 Å². The lowest BCUT2D eigenvalue weighted by Crippen LogP contribution is -2.32. The van der Waals surface area contributed by atoms with E-state index in [0.29, 0.717) is 6.07 Å². The highest BCUT2D eigenvalue weighted by atomic mass is 79.9. The number of urea groups is 1. The van der Waals surface area contributed by atoms with Gasteiger partial charge in [0, 0.05) is 12.6 Å². The Bertz CT molecular complexity index is 513. The van der Waals surface area contributed by atoms with Crippen molar-refractivity contribution in [1.82, 2.24) is 5.32 Å². The van der Waals surface area contributed by atoms with Crippen LogP contribution in [0.5, 0.6) is 0 Å². The molecule has 0 saturated carbocycles. The van der Waals surface area contributed by atoms with Crippen molar-refractivity contribution in [2.24, 2.45) is 0 Å². The number of benzene rings is 1. The Morgan fingerprint density at radius 3 is 2.65 bits per heavy atom. The molecule has 20 heavy (non-hydrogen) atoms. The Kier molecular flexibility index (Phi) is 6.32. The van der Waals surface area contributed by atoms with Gasteiger partial charge in [-0.15, -0.1) is 0 Å². The molecule has 2 amide bonds. The number of hydrogen-bond acceptors (Lipinski definition) is 3. The normalized spacial score (nSPS) is 10.2. The Morgan fingerprint density at radius 1 is 1.30 bits per heavy atom. The van der Waals surface area contributed by atoms with Crippen LogP contribution in [-0.2, 0) is 9.53 Å². The van der Waals surface area contributed by atoms with Gasteiger partial charge in [0.05, 0.1) is 16.8 Å². The average molecular weight is 353 g/mol. The van der Waals surface area contributed by atoms with Gasteiger partial charge in [-0.25, -0.2) is 18.4 Å². The zero-order chi connectivity index (χ0) is 15.1. The van der Waals surface area contributed by atoms with Crippen molar-refractivity contribution in [2.45, 2.75) is 0 Å². The van der Waals surface area contributed by atoms with E-state index in [1.165, 1.54) is 0 Å². The molecule has 0 radical (unpaired) electrons. The Labute approximate surface area is 121 Å². The van der Waals surface area contributed by atoms with E-state index in [4.69, 9.17) is 5.11 Å². The van der Waals surface area contributed by atoms with Crippen LogP contribution in [0.15, 0.2) is 16.6 Å². The summed E-state index contributed by atoms with van der Waals surface area (Å²) in [5, 5.41) is 12.8. The van der Waals surface area contributed by atoms with E-state index in [-0.39, 0.29) is 23.3 Å². The minimum Gasteiger partial charge on any atom is -0.480 e. The minimum absolute atomic E-state index is 0.00465. The monoisotopic (exact) mass is 352 g/mol. The van der Waals surface area contributed by atoms with Crippen LogP contribution < -0.4 is 10.6 Å². The van der Waals surface area contributed by atoms with Crippen molar-refractivity contribution >= 4 is 33.6 Å². The second-order valence-corrected chi connectivity index (χ2v) is 4.43. The molecule has 0 aromatic heterocycles. The third kappa shape index (κ3) is 5.49. The number of aliphatic carboxylic acids is 1. The van der Waals surface area contributed by atoms with Crippen LogP contribution in [0.1, 0.15) is 0 Å². The van der Waals surface area contributed by atoms with E-state index in [1.807, 2.05) is 0 Å². The van der Waals surface area contributed by atoms with E-state index >= 15 is 0 Å². The molecule has 0 aliphatic rings. The van der Waals surface area contributed by atoms with E-state index < -0.39 is 30.2 Å². The van der Waals surface area contributed by atoms with E-state index in [1.54, 1.807) is 0 Å². The van der Waals surface area contributed by atoms with Crippen LogP contribution in [0.2, 0.25) is 0 Å². The highest BCUT2D eigenvalue weighted by Crippen LogP contribution is 2.23. The predicted octanol–water partition coefficient (Wildman–Crippen LogP) is 1.95. The maximum atomic E-state index is 13.3. The molecule has 6 nitrogen and oxygen atoms in total. The topological polar surface area (TPSA) is 87.7 Å². The standard InChI is InChI=1S/C11H11BrF2N2O4/c12-6-3-9(8(14)4-7(6)13)16-11(19)15-1-2-20-5-10(17)18/h3-4H,1-2,5H2,(H,17,18)(H2,15,16,19). The summed E-state index contributed by atoms with van der Waals surface area (Å²) in [7, 11) is 0. The van der Waals surface area contributed by atoms with Crippen LogP contribution in [0, 0.1) is 11.6 Å². The number of amides is 2. The van der Waals surface area contributed by atoms with E-state index in [9.17, 15) is 18.4 Å². The quantitative estimate of drug-likeness (QED) is 0.539. The molecule has 0 bridgehead atoms. The van der Waals surface area contributed by atoms with Gasteiger partial charge < -0.3 is 20.5 Å². The van der Waals surface area contributed by atoms with Crippen molar-refractivity contribution in [2.75, 3.05) is 25.1 Å². The summed E-state index contributed by atoms with van der Waals surface area (Å²) in [5.74, 6) is -2.81. The number of rotatable bonds is 6. The Balaban J connectivity index is 2.39. The van der Waals surface area contributed by atoms with Gasteiger partial charge in [-0.1, -0.05) is 0 Å². The lowest BCUT2D eigenvalue weighted by Gasteiger charge is -2.09. The van der Waals surface area contributed by atoms with Crippen LogP contribution in [0.4, 0.5) is 19.3 Å². The van der Waals surface area contributed by atoms with Gasteiger partial charge in [0.2, 0.25) is 0 Å². The number of anilines is 1. The van der Waals surface area contributed by atoms with Gasteiger partial charge in [-0.05, 0) is 22.0 Å². The molecule has 1 aromatic carbocycles. The highest BCUT2D eigenvalue weighted by Gasteiger charge is 2.10. The van der Waals surface area contributed by atoms with E-state index in [0.717, 1.165) is 6.07 Å². The van der Waals surface area contributed by atoms with Crippen molar-refractivity contribution < 1.29 is 28.2 Å². The van der Waals surface area contributed by atoms with Crippen molar-refractivity contribution in [3.8, 4) is 0 Å². The van der Waals surface area contributed by atoms with Crippen molar-refractivity contribution in [3.63, 3.8) is 0 Å². The fourth-order valence-corrected chi connectivity index (χ4v) is 1.52. The molecule has 3 N–H and O–H groups in total. The summed E-state index contributed by atoms with van der Waals surface area (Å²) in [4.78, 5) is 21.5. The zero-order valence-corrected chi connectivity index (χ0v) is 11.7. The molecular formula is C11H11BrF2N2O4. The van der Waals surface area contributed by atoms with Gasteiger partial charge in [0.15, 0.2) is 0 Å². The average Bonchev–Trinajstić information content (AvgIpc) is 2.35. The Morgan fingerprint density at radius 2 is 2.00 bits per heavy atom. The lowest BCUT2D eigenvalue weighted by molar-refractivity contribution is -0.142. The molecule has 0 aliphatic heterocycles. The summed E-state index contributed by atoms with van der Waals surface area (Å²) in [6.07, 6.45) is 0. The first-order valence-electron chi connectivity index (χ1n) is 5.39. The molecule has 0 fully saturated rings. The fourth-order valence-electron chi connectivity index (χ4n) is 1.18. The number of nitrogens with one attached hydrogen (secondary N) is 2. The Hall–Kier alpha value is -1.74. The van der Waals surface area contributed by atoms with Crippen molar-refractivity contribution in [3.05, 3.63) is 28.2 Å². The van der Waals surface area contributed by atoms with Gasteiger partial charge >= 0.3 is 12.0 Å². The first-order valence-corrected chi connectivity index (χ1v) is 6.18. The molecule has 0 heterocycles. The maximum absolute atomic E-state index is 13.3. The first kappa shape index (κ1) is 16.3. The number of carboxylic acids is 1. The predicted molar refractivity (Wildman–Crippen MR) is 69.5 cm³/mol. The number of carboxylic acid groups (broad SMARTS) is 1. The third-order valence-electron chi connectivity index (χ3n) is 2.02. The smallest absolute Gasteiger partial charge is 0.329 e. The van der Waals surface area contributed by atoms with Crippen LogP contribution in [0.3, 0.4) is 0 Å². The summed E-state index contributed by atoms with van der Waals surface area (Å²) in [6.45, 7) is -0.429. The fraction of sp³-hybridized carbons (Fsp3) is 0.273. The molecule has 0 atom stereocenters. The molecule has 1 aromatic rings. The molecular weight excluding hydrogens is 342 g/mol. The van der Waals surface area contributed by atoms with Crippen LogP contribution >= 0.6 is 15.9 Å². The summed E-state index contributed by atoms with van der Waals surface area (Å²) in [6, 6.07) is 1.00. The van der Waals surface area contributed by atoms with Gasteiger partial charge in [0.1, 0.15) is 18.2 Å². The molecule has 0 spiro atoms. The molecule has 0 aliphatic carbocycles. The number of carbonyl (C=O) groups excluding carboxylic acids is 1. The molecule has 0 saturated heterocycles. The first-order chi connectivity index (χ1) is 9.40. The molecule has 0 unspecified atom stereocenters. The second-order valence-electron chi connectivity index (χ2n) is 3.57. The third-order valence-corrected chi connectivity index (χ3v) is 2.62. The lowest BCUT2D eigenvalue weighted by atomic mass is 10.3. The van der Waals surface area contributed by atoms with Crippen molar-refractivity contribution in [1.29, 1.82) is 0 Å². The van der Waals surface area contributed by atoms with Gasteiger partial charge in [-0.3, -0.25) is 0 Å². The van der Waals surface area contributed by atoms with Gasteiger partial charge in [0.25, 0.3) is 0 Å². The minimum atomic E-state index is -1.12. The summed E-state index contributed by atoms with van der Waals surface area (Å²) >= 11 is 2.87. The maximum Gasteiger partial charge on any atom is 0.329 e. The molecule has 9 heteroatoms. The van der Waals surface area contributed by atoms with Crippen LogP contribution in [0.25, 0.3) is 0 Å². The molecule has 1 rings (SSSR count). The summed E-state index contributed by atoms with van der Waals surface area (Å²) in [5.41, 5.74) is -0.192. The number of hydrogen-bond donors (Lipinski definition) is 3. The molecule has 110 valence electrons. The largest absolute Gasteiger partial charge is 0.480 e.